The molecule has 182 valence electrons. The SMILES string of the molecule is Cn1cnnc1CSC(C)(C)[C@@H](NS(=O)(=O)c1ccc(Oc2ccc(Br)cc2)cc1)C(=O)NO. The summed E-state index contributed by atoms with van der Waals surface area (Å²) < 4.78 is 35.9. The number of rotatable bonds is 10. The minimum atomic E-state index is -4.10. The minimum absolute atomic E-state index is 0.0551. The van der Waals surface area contributed by atoms with Gasteiger partial charge in [-0.1, -0.05) is 15.9 Å². The topological polar surface area (TPSA) is 135 Å². The lowest BCUT2D eigenvalue weighted by atomic mass is 10.0. The van der Waals surface area contributed by atoms with Crippen molar-refractivity contribution in [1.29, 1.82) is 0 Å². The summed E-state index contributed by atoms with van der Waals surface area (Å²) >= 11 is 4.65. The van der Waals surface area contributed by atoms with Crippen LogP contribution in [0.1, 0.15) is 19.7 Å². The van der Waals surface area contributed by atoms with Gasteiger partial charge in [-0.15, -0.1) is 22.0 Å². The molecule has 3 N–H and O–H groups in total. The molecule has 1 heterocycles. The van der Waals surface area contributed by atoms with Crippen molar-refractivity contribution in [2.75, 3.05) is 0 Å². The Morgan fingerprint density at radius 1 is 1.18 bits per heavy atom. The second-order valence-corrected chi connectivity index (χ2v) is 12.1. The number of hydrogen-bond donors (Lipinski definition) is 3. The zero-order chi connectivity index (χ0) is 24.9. The maximum atomic E-state index is 13.0. The average Bonchev–Trinajstić information content (AvgIpc) is 3.22. The Labute approximate surface area is 210 Å². The average molecular weight is 570 g/mol. The number of aromatic nitrogens is 3. The number of hydroxylamine groups is 1. The van der Waals surface area contributed by atoms with Crippen LogP contribution in [0.25, 0.3) is 0 Å². The molecule has 13 heteroatoms. The molecule has 0 aliphatic carbocycles. The lowest BCUT2D eigenvalue weighted by Gasteiger charge is -2.32. The number of carbonyl (C=O) groups is 1. The number of benzene rings is 2. The van der Waals surface area contributed by atoms with Crippen LogP contribution in [0.2, 0.25) is 0 Å². The Hall–Kier alpha value is -2.45. The fourth-order valence-corrected chi connectivity index (χ4v) is 5.67. The first-order valence-electron chi connectivity index (χ1n) is 9.98. The highest BCUT2D eigenvalue weighted by Crippen LogP contribution is 2.32. The Bertz CT molecular complexity index is 1230. The van der Waals surface area contributed by atoms with Crippen LogP contribution in [-0.2, 0) is 27.6 Å². The van der Waals surface area contributed by atoms with Gasteiger partial charge in [0.1, 0.15) is 29.7 Å². The Balaban J connectivity index is 1.75. The number of sulfonamides is 1. The molecule has 2 aromatic carbocycles. The number of halogens is 1. The third-order valence-corrected chi connectivity index (χ3v) is 8.25. The smallest absolute Gasteiger partial charge is 0.262 e. The van der Waals surface area contributed by atoms with Crippen LogP contribution in [0.5, 0.6) is 11.5 Å². The fraction of sp³-hybridized carbons (Fsp3) is 0.286. The van der Waals surface area contributed by atoms with Gasteiger partial charge in [0.15, 0.2) is 0 Å². The fourth-order valence-electron chi connectivity index (χ4n) is 2.90. The number of amides is 1. The van der Waals surface area contributed by atoms with E-state index in [4.69, 9.17) is 4.74 Å². The zero-order valence-corrected chi connectivity index (χ0v) is 21.8. The van der Waals surface area contributed by atoms with Gasteiger partial charge in [-0.3, -0.25) is 10.0 Å². The third-order valence-electron chi connectivity index (χ3n) is 4.90. The number of nitrogens with one attached hydrogen (secondary N) is 2. The van der Waals surface area contributed by atoms with E-state index in [0.29, 0.717) is 23.1 Å². The molecule has 1 atom stereocenters. The summed E-state index contributed by atoms with van der Waals surface area (Å²) in [6, 6.07) is 11.7. The van der Waals surface area contributed by atoms with Crippen molar-refractivity contribution in [2.45, 2.75) is 35.3 Å². The van der Waals surface area contributed by atoms with Crippen LogP contribution in [0.3, 0.4) is 0 Å². The molecule has 3 aromatic rings. The molecule has 34 heavy (non-hydrogen) atoms. The summed E-state index contributed by atoms with van der Waals surface area (Å²) in [7, 11) is -2.32. The molecule has 0 aliphatic heterocycles. The molecular formula is C21H24BrN5O5S2. The van der Waals surface area contributed by atoms with Crippen LogP contribution < -0.4 is 14.9 Å². The first-order valence-corrected chi connectivity index (χ1v) is 13.2. The van der Waals surface area contributed by atoms with Gasteiger partial charge in [0, 0.05) is 16.3 Å². The summed E-state index contributed by atoms with van der Waals surface area (Å²) in [5.74, 6) is 1.20. The van der Waals surface area contributed by atoms with Crippen LogP contribution >= 0.6 is 27.7 Å². The Morgan fingerprint density at radius 3 is 2.29 bits per heavy atom. The minimum Gasteiger partial charge on any atom is -0.457 e. The number of hydrogen-bond acceptors (Lipinski definition) is 8. The van der Waals surface area contributed by atoms with Gasteiger partial charge in [0.25, 0.3) is 5.91 Å². The molecule has 0 aliphatic rings. The van der Waals surface area contributed by atoms with Crippen molar-refractivity contribution in [3.63, 3.8) is 0 Å². The zero-order valence-electron chi connectivity index (χ0n) is 18.6. The van der Waals surface area contributed by atoms with Crippen molar-refractivity contribution >= 4 is 43.6 Å². The molecule has 0 saturated heterocycles. The molecule has 1 amide bonds. The Morgan fingerprint density at radius 2 is 1.76 bits per heavy atom. The van der Waals surface area contributed by atoms with E-state index in [-0.39, 0.29) is 4.90 Å². The maximum absolute atomic E-state index is 13.0. The Kier molecular flexibility index (Phi) is 8.36. The summed E-state index contributed by atoms with van der Waals surface area (Å²) in [5, 5.41) is 17.0. The highest BCUT2D eigenvalue weighted by molar-refractivity contribution is 9.10. The van der Waals surface area contributed by atoms with Gasteiger partial charge < -0.3 is 9.30 Å². The van der Waals surface area contributed by atoms with Gasteiger partial charge in [-0.2, -0.15) is 4.72 Å². The van der Waals surface area contributed by atoms with Gasteiger partial charge in [-0.05, 0) is 62.4 Å². The molecule has 0 saturated carbocycles. The monoisotopic (exact) mass is 569 g/mol. The van der Waals surface area contributed by atoms with E-state index in [9.17, 15) is 18.4 Å². The predicted octanol–water partition coefficient (Wildman–Crippen LogP) is 3.23. The van der Waals surface area contributed by atoms with Gasteiger partial charge in [0.2, 0.25) is 10.0 Å². The molecule has 3 rings (SSSR count). The number of nitrogens with zero attached hydrogens (tertiary/aromatic N) is 3. The highest BCUT2D eigenvalue weighted by atomic mass is 79.9. The maximum Gasteiger partial charge on any atom is 0.262 e. The molecule has 0 radical (unpaired) electrons. The van der Waals surface area contributed by atoms with Crippen LogP contribution in [0, 0.1) is 0 Å². The van der Waals surface area contributed by atoms with E-state index >= 15 is 0 Å². The molecular weight excluding hydrogens is 546 g/mol. The second-order valence-electron chi connectivity index (χ2n) is 7.81. The normalized spacial score (nSPS) is 12.9. The number of carbonyl (C=O) groups excluding carboxylic acids is 1. The first kappa shape index (κ1) is 26.2. The van der Waals surface area contributed by atoms with E-state index in [1.807, 2.05) is 12.1 Å². The highest BCUT2D eigenvalue weighted by Gasteiger charge is 2.39. The molecule has 0 bridgehead atoms. The molecule has 10 nitrogen and oxygen atoms in total. The predicted molar refractivity (Wildman–Crippen MR) is 131 cm³/mol. The second kappa shape index (κ2) is 10.9. The van der Waals surface area contributed by atoms with Crippen LogP contribution in [0.15, 0.2) is 64.2 Å². The van der Waals surface area contributed by atoms with Crippen molar-refractivity contribution < 1.29 is 23.2 Å². The lowest BCUT2D eigenvalue weighted by molar-refractivity contribution is -0.131. The van der Waals surface area contributed by atoms with E-state index in [1.165, 1.54) is 36.0 Å². The van der Waals surface area contributed by atoms with Crippen molar-refractivity contribution in [3.8, 4) is 11.5 Å². The largest absolute Gasteiger partial charge is 0.457 e. The van der Waals surface area contributed by atoms with E-state index in [0.717, 1.165) is 4.47 Å². The molecule has 1 aromatic heterocycles. The molecule has 0 unspecified atom stereocenters. The molecule has 0 spiro atoms. The van der Waals surface area contributed by atoms with Gasteiger partial charge in [-0.25, -0.2) is 13.9 Å². The van der Waals surface area contributed by atoms with Crippen molar-refractivity contribution in [3.05, 3.63) is 65.2 Å². The number of ether oxygens (including phenoxy) is 1. The summed E-state index contributed by atoms with van der Waals surface area (Å²) in [6.07, 6.45) is 1.55. The lowest BCUT2D eigenvalue weighted by Crippen LogP contribution is -2.55. The molecule has 0 fully saturated rings. The summed E-state index contributed by atoms with van der Waals surface area (Å²) in [4.78, 5) is 12.4. The van der Waals surface area contributed by atoms with Crippen LogP contribution in [-0.4, -0.2) is 45.1 Å². The van der Waals surface area contributed by atoms with Crippen molar-refractivity contribution in [1.82, 2.24) is 25.0 Å². The number of aryl methyl sites for hydroxylation is 1. The first-order chi connectivity index (χ1) is 16.0. The number of thioether (sulfide) groups is 1. The van der Waals surface area contributed by atoms with Crippen LogP contribution in [0.4, 0.5) is 0 Å². The van der Waals surface area contributed by atoms with E-state index in [1.54, 1.807) is 49.4 Å². The van der Waals surface area contributed by atoms with Gasteiger partial charge >= 0.3 is 0 Å². The van der Waals surface area contributed by atoms with E-state index < -0.39 is 26.7 Å². The summed E-state index contributed by atoms with van der Waals surface area (Å²) in [6.45, 7) is 3.40. The van der Waals surface area contributed by atoms with Gasteiger partial charge in [0.05, 0.1) is 10.6 Å². The van der Waals surface area contributed by atoms with Crippen molar-refractivity contribution in [2.24, 2.45) is 7.05 Å². The summed E-state index contributed by atoms with van der Waals surface area (Å²) in [5.41, 5.74) is 1.55. The quantitative estimate of drug-likeness (QED) is 0.250. The standard InChI is InChI=1S/C21H24BrN5O5S2/c1-21(2,33-12-18-24-23-13-27(18)3)19(20(28)25-29)26-34(30,31)17-10-8-16(9-11-17)32-15-6-4-14(22)5-7-15/h4-11,13,19,26,29H,12H2,1-3H3,(H,25,28)/t19-/m0/s1. The third kappa shape index (κ3) is 6.57. The van der Waals surface area contributed by atoms with E-state index in [2.05, 4.69) is 30.8 Å².